The zero-order chi connectivity index (χ0) is 24.5. The summed E-state index contributed by atoms with van der Waals surface area (Å²) in [5.41, 5.74) is 0.365. The van der Waals surface area contributed by atoms with Gasteiger partial charge in [0.2, 0.25) is 34.8 Å². The Kier molecular flexibility index (Phi) is 15.6. The summed E-state index contributed by atoms with van der Waals surface area (Å²) in [6, 6.07) is 0. The topological polar surface area (TPSA) is 116 Å². The summed E-state index contributed by atoms with van der Waals surface area (Å²) in [5.74, 6) is -9.13. The molecule has 0 aromatic heterocycles. The number of esters is 1. The quantitative estimate of drug-likeness (QED) is 0.0557. The molecule has 0 atom stereocenters. The Balaban J connectivity index is 0.00000172. The smallest absolute Gasteiger partial charge is 0.313 e. The lowest BCUT2D eigenvalue weighted by molar-refractivity contribution is -0.136. The zero-order valence-corrected chi connectivity index (χ0v) is 17.7. The van der Waals surface area contributed by atoms with Crippen molar-refractivity contribution in [3.8, 4) is 5.75 Å². The van der Waals surface area contributed by atoms with Crippen LogP contribution in [0.3, 0.4) is 0 Å². The SMILES string of the molecule is CCCOC.N/N=C(\C=NCCOCCC(=O)Oc1c(F)c(F)c(F)c(F)c1F)CCO. The predicted octanol–water partition coefficient (Wildman–Crippen LogP) is 2.50. The molecule has 0 saturated heterocycles. The lowest BCUT2D eigenvalue weighted by Gasteiger charge is -2.08. The van der Waals surface area contributed by atoms with Crippen LogP contribution in [-0.2, 0) is 14.3 Å². The van der Waals surface area contributed by atoms with Gasteiger partial charge in [-0.25, -0.2) is 13.2 Å². The van der Waals surface area contributed by atoms with E-state index in [0.717, 1.165) is 13.0 Å². The molecule has 0 heterocycles. The second-order valence-corrected chi connectivity index (χ2v) is 5.86. The number of nitrogens with zero attached hydrogens (tertiary/aromatic N) is 2. The number of aliphatic hydroxyl groups excluding tert-OH is 1. The van der Waals surface area contributed by atoms with Crippen LogP contribution in [0.2, 0.25) is 0 Å². The van der Waals surface area contributed by atoms with Crippen LogP contribution in [0.4, 0.5) is 22.0 Å². The fourth-order valence-corrected chi connectivity index (χ4v) is 1.87. The van der Waals surface area contributed by atoms with Crippen molar-refractivity contribution in [1.29, 1.82) is 0 Å². The molecule has 1 rings (SSSR count). The van der Waals surface area contributed by atoms with Gasteiger partial charge in [0, 0.05) is 33.0 Å². The molecule has 0 radical (unpaired) electrons. The number of benzene rings is 1. The Morgan fingerprint density at radius 1 is 1.00 bits per heavy atom. The molecule has 0 fully saturated rings. The van der Waals surface area contributed by atoms with E-state index in [1.807, 2.05) is 0 Å². The molecule has 0 unspecified atom stereocenters. The molecule has 0 aliphatic rings. The molecule has 0 spiro atoms. The molecule has 182 valence electrons. The molecule has 0 aliphatic carbocycles. The van der Waals surface area contributed by atoms with Crippen LogP contribution in [0.25, 0.3) is 0 Å². The third-order valence-electron chi connectivity index (χ3n) is 3.38. The molecule has 13 heteroatoms. The number of halogens is 5. The second-order valence-electron chi connectivity index (χ2n) is 5.86. The number of carbonyl (C=O) groups is 1. The third-order valence-corrected chi connectivity index (χ3v) is 3.38. The van der Waals surface area contributed by atoms with E-state index in [1.54, 1.807) is 7.11 Å². The Bertz CT molecular complexity index is 747. The van der Waals surface area contributed by atoms with Gasteiger partial charge in [-0.15, -0.1) is 0 Å². The van der Waals surface area contributed by atoms with Crippen molar-refractivity contribution in [2.24, 2.45) is 15.9 Å². The summed E-state index contributed by atoms with van der Waals surface area (Å²) >= 11 is 0. The van der Waals surface area contributed by atoms with Crippen molar-refractivity contribution < 1.29 is 46.1 Å². The minimum atomic E-state index is -2.35. The minimum Gasteiger partial charge on any atom is -0.420 e. The lowest BCUT2D eigenvalue weighted by atomic mass is 10.2. The predicted molar refractivity (Wildman–Crippen MR) is 106 cm³/mol. The van der Waals surface area contributed by atoms with Crippen molar-refractivity contribution in [3.63, 3.8) is 0 Å². The monoisotopic (exact) mass is 471 g/mol. The minimum absolute atomic E-state index is 0.0588. The Morgan fingerprint density at radius 3 is 2.06 bits per heavy atom. The average molecular weight is 471 g/mol. The van der Waals surface area contributed by atoms with Crippen LogP contribution >= 0.6 is 0 Å². The Hall–Kier alpha value is -2.64. The highest BCUT2D eigenvalue weighted by Gasteiger charge is 2.28. The molecule has 1 aromatic rings. The van der Waals surface area contributed by atoms with Gasteiger partial charge < -0.3 is 25.2 Å². The number of carbonyl (C=O) groups excluding carboxylic acids is 1. The van der Waals surface area contributed by atoms with Crippen molar-refractivity contribution in [3.05, 3.63) is 29.1 Å². The maximum atomic E-state index is 13.4. The molecule has 32 heavy (non-hydrogen) atoms. The average Bonchev–Trinajstić information content (AvgIpc) is 2.78. The van der Waals surface area contributed by atoms with Crippen LogP contribution in [0.1, 0.15) is 26.2 Å². The van der Waals surface area contributed by atoms with E-state index in [0.29, 0.717) is 5.71 Å². The van der Waals surface area contributed by atoms with Crippen LogP contribution in [0, 0.1) is 29.1 Å². The van der Waals surface area contributed by atoms with Gasteiger partial charge in [0.15, 0.2) is 0 Å². The van der Waals surface area contributed by atoms with Crippen LogP contribution in [-0.4, -0.2) is 63.1 Å². The number of hydrazone groups is 1. The highest BCUT2D eigenvalue weighted by atomic mass is 19.2. The summed E-state index contributed by atoms with van der Waals surface area (Å²) in [5, 5.41) is 12.1. The molecule has 1 aromatic carbocycles. The Morgan fingerprint density at radius 2 is 1.59 bits per heavy atom. The van der Waals surface area contributed by atoms with Gasteiger partial charge in [0.05, 0.1) is 31.9 Å². The first kappa shape index (κ1) is 29.4. The summed E-state index contributed by atoms with van der Waals surface area (Å²) < 4.78 is 79.5. The summed E-state index contributed by atoms with van der Waals surface area (Å²) in [6.45, 7) is 2.81. The second kappa shape index (κ2) is 17.0. The number of nitrogens with two attached hydrogens (primary N) is 1. The maximum Gasteiger partial charge on any atom is 0.313 e. The normalized spacial score (nSPS) is 11.4. The van der Waals surface area contributed by atoms with E-state index in [4.69, 9.17) is 20.4 Å². The van der Waals surface area contributed by atoms with Gasteiger partial charge in [-0.2, -0.15) is 13.9 Å². The molecule has 0 aliphatic heterocycles. The summed E-state index contributed by atoms with van der Waals surface area (Å²) in [6.07, 6.45) is 2.18. The first-order valence-electron chi connectivity index (χ1n) is 9.41. The molecular formula is C19H26F5N3O5. The highest BCUT2D eigenvalue weighted by molar-refractivity contribution is 6.30. The number of rotatable bonds is 12. The fourth-order valence-electron chi connectivity index (χ4n) is 1.87. The van der Waals surface area contributed by atoms with E-state index in [2.05, 4.69) is 21.8 Å². The van der Waals surface area contributed by atoms with Crippen LogP contribution in [0.15, 0.2) is 10.1 Å². The molecular weight excluding hydrogens is 445 g/mol. The molecule has 3 N–H and O–H groups in total. The van der Waals surface area contributed by atoms with Crippen molar-refractivity contribution >= 4 is 17.9 Å². The first-order chi connectivity index (χ1) is 15.2. The molecule has 0 amide bonds. The van der Waals surface area contributed by atoms with Crippen molar-refractivity contribution in [2.45, 2.75) is 26.2 Å². The van der Waals surface area contributed by atoms with E-state index in [-0.39, 0.29) is 32.8 Å². The zero-order valence-electron chi connectivity index (χ0n) is 17.7. The van der Waals surface area contributed by atoms with Crippen molar-refractivity contribution in [2.75, 3.05) is 40.1 Å². The largest absolute Gasteiger partial charge is 0.420 e. The number of ether oxygens (including phenoxy) is 3. The molecule has 0 saturated carbocycles. The first-order valence-corrected chi connectivity index (χ1v) is 9.41. The van der Waals surface area contributed by atoms with Gasteiger partial charge in [0.1, 0.15) is 0 Å². The van der Waals surface area contributed by atoms with Gasteiger partial charge >= 0.3 is 5.97 Å². The van der Waals surface area contributed by atoms with Gasteiger partial charge in [-0.1, -0.05) is 6.92 Å². The van der Waals surface area contributed by atoms with E-state index < -0.39 is 47.2 Å². The third kappa shape index (κ3) is 10.6. The van der Waals surface area contributed by atoms with E-state index >= 15 is 0 Å². The molecule has 8 nitrogen and oxygen atoms in total. The number of aliphatic imine (C=N–C) groups is 1. The van der Waals surface area contributed by atoms with Crippen LogP contribution < -0.4 is 10.6 Å². The van der Waals surface area contributed by atoms with E-state index in [9.17, 15) is 26.7 Å². The molecule has 0 bridgehead atoms. The number of hydrogen-bond acceptors (Lipinski definition) is 8. The van der Waals surface area contributed by atoms with Crippen LogP contribution in [0.5, 0.6) is 5.75 Å². The fraction of sp³-hybridized carbons (Fsp3) is 0.526. The van der Waals surface area contributed by atoms with Crippen molar-refractivity contribution in [1.82, 2.24) is 0 Å². The Labute approximate surface area is 181 Å². The maximum absolute atomic E-state index is 13.4. The standard InChI is InChI=1S/C15H16F5N3O4.C4H10O/c16-10-11(17)13(19)15(14(20)12(10)18)27-9(25)2-5-26-6-3-22-7-8(23-21)1-4-24;1-3-4-5-2/h7,24H,1-6,21H2;3-4H2,1-2H3/b22-7?,23-8-;. The summed E-state index contributed by atoms with van der Waals surface area (Å²) in [7, 11) is 1.71. The number of hydrogen-bond donors (Lipinski definition) is 2. The van der Waals surface area contributed by atoms with Gasteiger partial charge in [-0.05, 0) is 6.42 Å². The van der Waals surface area contributed by atoms with E-state index in [1.165, 1.54) is 6.21 Å². The number of aliphatic hydroxyl groups is 1. The van der Waals surface area contributed by atoms with Gasteiger partial charge in [-0.3, -0.25) is 9.79 Å². The number of methoxy groups -OCH3 is 1. The highest BCUT2D eigenvalue weighted by Crippen LogP contribution is 2.29. The summed E-state index contributed by atoms with van der Waals surface area (Å²) in [4.78, 5) is 15.3. The lowest BCUT2D eigenvalue weighted by Crippen LogP contribution is -2.16. The van der Waals surface area contributed by atoms with Gasteiger partial charge in [0.25, 0.3) is 0 Å².